The van der Waals surface area contributed by atoms with Gasteiger partial charge in [0.05, 0.1) is 24.6 Å². The summed E-state index contributed by atoms with van der Waals surface area (Å²) in [6.45, 7) is 6.23. The molecule has 110 valence electrons. The van der Waals surface area contributed by atoms with Gasteiger partial charge in [0.1, 0.15) is 6.33 Å². The first-order valence-electron chi connectivity index (χ1n) is 6.69. The SMILES string of the molecule is CC(C)(C)C(=O)N(Cc1ccc(Br)cc1)c1cncnc1. The Morgan fingerprint density at radius 1 is 1.14 bits per heavy atom. The molecule has 1 aromatic heterocycles. The summed E-state index contributed by atoms with van der Waals surface area (Å²) in [5, 5.41) is 0. The zero-order valence-electron chi connectivity index (χ0n) is 12.4. The standard InChI is InChI=1S/C16H18BrN3O/c1-16(2,3)15(21)20(14-8-18-11-19-9-14)10-12-4-6-13(17)7-5-12/h4-9,11H,10H2,1-3H3. The predicted octanol–water partition coefficient (Wildman–Crippen LogP) is 3.82. The second-order valence-electron chi connectivity index (χ2n) is 5.86. The predicted molar refractivity (Wildman–Crippen MR) is 86.8 cm³/mol. The molecule has 0 aliphatic carbocycles. The molecule has 0 spiro atoms. The Labute approximate surface area is 133 Å². The number of carbonyl (C=O) groups is 1. The van der Waals surface area contributed by atoms with E-state index < -0.39 is 5.41 Å². The van der Waals surface area contributed by atoms with E-state index in [9.17, 15) is 4.79 Å². The smallest absolute Gasteiger partial charge is 0.232 e. The molecule has 0 radical (unpaired) electrons. The van der Waals surface area contributed by atoms with Crippen LogP contribution in [0.3, 0.4) is 0 Å². The van der Waals surface area contributed by atoms with Gasteiger partial charge in [0.2, 0.25) is 5.91 Å². The van der Waals surface area contributed by atoms with Gasteiger partial charge in [-0.25, -0.2) is 9.97 Å². The molecule has 0 aliphatic rings. The molecule has 0 atom stereocenters. The summed E-state index contributed by atoms with van der Waals surface area (Å²) >= 11 is 3.42. The Balaban J connectivity index is 2.32. The minimum Gasteiger partial charge on any atom is -0.305 e. The van der Waals surface area contributed by atoms with Crippen molar-refractivity contribution >= 4 is 27.5 Å². The Hall–Kier alpha value is -1.75. The monoisotopic (exact) mass is 347 g/mol. The highest BCUT2D eigenvalue weighted by atomic mass is 79.9. The molecule has 1 amide bonds. The fourth-order valence-electron chi connectivity index (χ4n) is 1.89. The van der Waals surface area contributed by atoms with Crippen molar-refractivity contribution in [2.45, 2.75) is 27.3 Å². The number of halogens is 1. The molecule has 21 heavy (non-hydrogen) atoms. The molecular formula is C16H18BrN3O. The maximum absolute atomic E-state index is 12.7. The summed E-state index contributed by atoms with van der Waals surface area (Å²) in [6, 6.07) is 7.93. The number of carbonyl (C=O) groups excluding carboxylic acids is 1. The van der Waals surface area contributed by atoms with E-state index in [4.69, 9.17) is 0 Å². The first kappa shape index (κ1) is 15.6. The normalized spacial score (nSPS) is 11.2. The van der Waals surface area contributed by atoms with Crippen molar-refractivity contribution < 1.29 is 4.79 Å². The second kappa shape index (κ2) is 6.35. The molecule has 1 heterocycles. The lowest BCUT2D eigenvalue weighted by Crippen LogP contribution is -2.39. The first-order chi connectivity index (χ1) is 9.88. The van der Waals surface area contributed by atoms with Crippen LogP contribution in [0, 0.1) is 5.41 Å². The molecule has 0 aliphatic heterocycles. The fraction of sp³-hybridized carbons (Fsp3) is 0.312. The van der Waals surface area contributed by atoms with E-state index in [1.165, 1.54) is 6.33 Å². The van der Waals surface area contributed by atoms with Crippen molar-refractivity contribution in [1.29, 1.82) is 0 Å². The van der Waals surface area contributed by atoms with E-state index in [2.05, 4.69) is 25.9 Å². The molecule has 2 rings (SSSR count). The average Bonchev–Trinajstić information content (AvgIpc) is 2.46. The van der Waals surface area contributed by atoms with Gasteiger partial charge in [-0.1, -0.05) is 48.8 Å². The number of rotatable bonds is 3. The van der Waals surface area contributed by atoms with Gasteiger partial charge in [0.25, 0.3) is 0 Å². The highest BCUT2D eigenvalue weighted by molar-refractivity contribution is 9.10. The van der Waals surface area contributed by atoms with Crippen LogP contribution in [-0.2, 0) is 11.3 Å². The Kier molecular flexibility index (Phi) is 4.73. The first-order valence-corrected chi connectivity index (χ1v) is 7.48. The van der Waals surface area contributed by atoms with Crippen LogP contribution in [0.15, 0.2) is 47.5 Å². The van der Waals surface area contributed by atoms with E-state index in [1.807, 2.05) is 45.0 Å². The molecule has 0 bridgehead atoms. The van der Waals surface area contributed by atoms with E-state index in [0.717, 1.165) is 10.0 Å². The average molecular weight is 348 g/mol. The highest BCUT2D eigenvalue weighted by Crippen LogP contribution is 2.24. The second-order valence-corrected chi connectivity index (χ2v) is 6.78. The van der Waals surface area contributed by atoms with E-state index in [0.29, 0.717) is 12.2 Å². The van der Waals surface area contributed by atoms with Crippen LogP contribution in [0.2, 0.25) is 0 Å². The summed E-state index contributed by atoms with van der Waals surface area (Å²) < 4.78 is 1.02. The number of nitrogens with zero attached hydrogens (tertiary/aromatic N) is 3. The third-order valence-electron chi connectivity index (χ3n) is 3.00. The van der Waals surface area contributed by atoms with Gasteiger partial charge < -0.3 is 4.90 Å². The third-order valence-corrected chi connectivity index (χ3v) is 3.53. The number of amides is 1. The number of hydrogen-bond acceptors (Lipinski definition) is 3. The molecule has 0 unspecified atom stereocenters. The van der Waals surface area contributed by atoms with E-state index in [1.54, 1.807) is 17.3 Å². The number of benzene rings is 1. The quantitative estimate of drug-likeness (QED) is 0.847. The lowest BCUT2D eigenvalue weighted by molar-refractivity contribution is -0.125. The number of hydrogen-bond donors (Lipinski definition) is 0. The topological polar surface area (TPSA) is 46.1 Å². The maximum atomic E-state index is 12.7. The van der Waals surface area contributed by atoms with Crippen molar-refractivity contribution in [2.24, 2.45) is 5.41 Å². The minimum absolute atomic E-state index is 0.0419. The zero-order chi connectivity index (χ0) is 15.5. The van der Waals surface area contributed by atoms with Gasteiger partial charge in [-0.2, -0.15) is 0 Å². The minimum atomic E-state index is -0.467. The Morgan fingerprint density at radius 3 is 2.24 bits per heavy atom. The summed E-state index contributed by atoms with van der Waals surface area (Å²) in [5.74, 6) is 0.0419. The molecule has 0 saturated heterocycles. The van der Waals surface area contributed by atoms with Gasteiger partial charge in [-0.15, -0.1) is 0 Å². The van der Waals surface area contributed by atoms with Gasteiger partial charge in [0, 0.05) is 9.89 Å². The summed E-state index contributed by atoms with van der Waals surface area (Å²) in [5.41, 5.74) is 1.30. The lowest BCUT2D eigenvalue weighted by atomic mass is 9.94. The molecule has 5 heteroatoms. The highest BCUT2D eigenvalue weighted by Gasteiger charge is 2.28. The van der Waals surface area contributed by atoms with Crippen LogP contribution in [0.5, 0.6) is 0 Å². The van der Waals surface area contributed by atoms with Crippen LogP contribution < -0.4 is 4.90 Å². The van der Waals surface area contributed by atoms with E-state index in [-0.39, 0.29) is 5.91 Å². The molecular weight excluding hydrogens is 330 g/mol. The maximum Gasteiger partial charge on any atom is 0.232 e. The molecule has 0 fully saturated rings. The van der Waals surface area contributed by atoms with Gasteiger partial charge in [-0.05, 0) is 17.7 Å². The van der Waals surface area contributed by atoms with Crippen LogP contribution in [0.4, 0.5) is 5.69 Å². The van der Waals surface area contributed by atoms with Crippen molar-refractivity contribution in [3.05, 3.63) is 53.0 Å². The lowest BCUT2D eigenvalue weighted by Gasteiger charge is -2.29. The Bertz CT molecular complexity index is 606. The molecule has 2 aromatic rings. The molecule has 0 saturated carbocycles. The molecule has 4 nitrogen and oxygen atoms in total. The van der Waals surface area contributed by atoms with Crippen molar-refractivity contribution in [1.82, 2.24) is 9.97 Å². The van der Waals surface area contributed by atoms with Crippen LogP contribution >= 0.6 is 15.9 Å². The molecule has 0 N–H and O–H groups in total. The number of anilines is 1. The van der Waals surface area contributed by atoms with Crippen LogP contribution in [0.1, 0.15) is 26.3 Å². The Morgan fingerprint density at radius 2 is 1.71 bits per heavy atom. The zero-order valence-corrected chi connectivity index (χ0v) is 14.0. The van der Waals surface area contributed by atoms with E-state index >= 15 is 0 Å². The summed E-state index contributed by atoms with van der Waals surface area (Å²) in [4.78, 5) is 22.4. The largest absolute Gasteiger partial charge is 0.305 e. The number of aromatic nitrogens is 2. The summed E-state index contributed by atoms with van der Waals surface area (Å²) in [6.07, 6.45) is 4.79. The fourth-order valence-corrected chi connectivity index (χ4v) is 2.15. The van der Waals surface area contributed by atoms with Gasteiger partial charge in [0.15, 0.2) is 0 Å². The van der Waals surface area contributed by atoms with Gasteiger partial charge >= 0.3 is 0 Å². The van der Waals surface area contributed by atoms with Crippen molar-refractivity contribution in [2.75, 3.05) is 4.90 Å². The van der Waals surface area contributed by atoms with Crippen molar-refractivity contribution in [3.63, 3.8) is 0 Å². The van der Waals surface area contributed by atoms with Crippen molar-refractivity contribution in [3.8, 4) is 0 Å². The third kappa shape index (κ3) is 4.11. The summed E-state index contributed by atoms with van der Waals surface area (Å²) in [7, 11) is 0. The van der Waals surface area contributed by atoms with Crippen LogP contribution in [-0.4, -0.2) is 15.9 Å². The van der Waals surface area contributed by atoms with Crippen LogP contribution in [0.25, 0.3) is 0 Å². The van der Waals surface area contributed by atoms with Gasteiger partial charge in [-0.3, -0.25) is 4.79 Å². The molecule has 1 aromatic carbocycles.